The maximum Gasteiger partial charge on any atom is 4.00 e. The van der Waals surface area contributed by atoms with Crippen molar-refractivity contribution in [2.45, 2.75) is 55.4 Å². The Hall–Kier alpha value is -2.70. The topological polar surface area (TPSA) is 173 Å². The van der Waals surface area contributed by atoms with E-state index in [1.54, 1.807) is 55.4 Å². The quantitative estimate of drug-likeness (QED) is 0.361. The third-order valence-corrected chi connectivity index (χ3v) is 4.09. The molecule has 192 valence electrons. The fourth-order valence-electron chi connectivity index (χ4n) is 1.93. The van der Waals surface area contributed by atoms with Gasteiger partial charge >= 0.3 is 11.0 Å². The molecule has 0 rings (SSSR count). The van der Waals surface area contributed by atoms with Gasteiger partial charge in [-0.3, -0.25) is 0 Å². The molecule has 0 heterocycles. The second kappa shape index (κ2) is 27.3. The first-order valence-electron chi connectivity index (χ1n) is 10.7. The molecule has 0 aromatic heterocycles. The van der Waals surface area contributed by atoms with Gasteiger partial charge in [0.1, 0.15) is 24.4 Å². The van der Waals surface area contributed by atoms with Crippen LogP contribution >= 0.6 is 0 Å². The first kappa shape index (κ1) is 40.6. The van der Waals surface area contributed by atoms with E-state index in [4.69, 9.17) is 0 Å². The van der Waals surface area contributed by atoms with E-state index in [0.29, 0.717) is 52.4 Å². The van der Waals surface area contributed by atoms with Gasteiger partial charge in [-0.05, 0) is 55.4 Å². The number of nitrogens with zero attached hydrogens (tertiary/aromatic N) is 4. The summed E-state index contributed by atoms with van der Waals surface area (Å²) in [5.41, 5.74) is 0. The normalized spacial score (nSPS) is 8.48. The summed E-state index contributed by atoms with van der Waals surface area (Å²) in [5.74, 6) is 0. The van der Waals surface area contributed by atoms with Gasteiger partial charge in [0.15, 0.2) is 0 Å². The summed E-state index contributed by atoms with van der Waals surface area (Å²) in [6, 6.07) is 0. The molecule has 0 spiro atoms. The second-order valence-electron chi connectivity index (χ2n) is 5.75. The van der Waals surface area contributed by atoms with Crippen molar-refractivity contribution in [2.24, 2.45) is 0 Å². The zero-order valence-corrected chi connectivity index (χ0v) is 22.2. The maximum atomic E-state index is 9.98. The molecule has 0 radical (unpaired) electrons. The van der Waals surface area contributed by atoms with Gasteiger partial charge in [-0.25, -0.2) is 0 Å². The first-order chi connectivity index (χ1) is 14.9. The van der Waals surface area contributed by atoms with E-state index in [1.165, 1.54) is 19.6 Å². The van der Waals surface area contributed by atoms with Crippen LogP contribution in [0, 0.1) is 0 Å². The SMILES string of the molecule is CCN(CC)C(=O)[O-].CCN(CC)C(=O)[O-].CCN(CC)C(=O)[O-].CCN(CC)C(=O)[O-].[Si+4]. The Morgan fingerprint density at radius 3 is 0.485 bits per heavy atom. The van der Waals surface area contributed by atoms with Crippen molar-refractivity contribution in [3.63, 3.8) is 0 Å². The summed E-state index contributed by atoms with van der Waals surface area (Å²) in [7, 11) is 0. The Balaban J connectivity index is -0.000000105. The van der Waals surface area contributed by atoms with Gasteiger partial charge in [0.2, 0.25) is 0 Å². The molecular weight excluding hydrogens is 452 g/mol. The minimum atomic E-state index is -1.09. The molecule has 33 heavy (non-hydrogen) atoms. The summed E-state index contributed by atoms with van der Waals surface area (Å²) >= 11 is 0. The minimum absolute atomic E-state index is 0. The smallest absolute Gasteiger partial charge is 0.530 e. The molecule has 0 aliphatic heterocycles. The van der Waals surface area contributed by atoms with E-state index in [9.17, 15) is 39.6 Å². The van der Waals surface area contributed by atoms with Gasteiger partial charge in [-0.15, -0.1) is 0 Å². The van der Waals surface area contributed by atoms with Crippen LogP contribution in [0.1, 0.15) is 55.4 Å². The molecule has 0 aromatic rings. The molecule has 12 nitrogen and oxygen atoms in total. The van der Waals surface area contributed by atoms with E-state index < -0.39 is 24.4 Å². The Morgan fingerprint density at radius 1 is 0.394 bits per heavy atom. The van der Waals surface area contributed by atoms with Crippen LogP contribution in [-0.4, -0.2) is 107 Å². The van der Waals surface area contributed by atoms with Crippen LogP contribution in [-0.2, 0) is 0 Å². The maximum absolute atomic E-state index is 9.98. The average molecular weight is 493 g/mol. The zero-order chi connectivity index (χ0) is 26.3. The third kappa shape index (κ3) is 25.4. The van der Waals surface area contributed by atoms with Crippen LogP contribution in [0.5, 0.6) is 0 Å². The summed E-state index contributed by atoms with van der Waals surface area (Å²) < 4.78 is 0. The minimum Gasteiger partial charge on any atom is -0.530 e. The number of amides is 4. The van der Waals surface area contributed by atoms with Crippen LogP contribution < -0.4 is 20.4 Å². The van der Waals surface area contributed by atoms with E-state index >= 15 is 0 Å². The predicted molar refractivity (Wildman–Crippen MR) is 119 cm³/mol. The summed E-state index contributed by atoms with van der Waals surface area (Å²) in [6.07, 6.45) is -4.35. The average Bonchev–Trinajstić information content (AvgIpc) is 2.72. The largest absolute Gasteiger partial charge is 4.00 e. The van der Waals surface area contributed by atoms with Crippen molar-refractivity contribution in [1.82, 2.24) is 19.6 Å². The second-order valence-corrected chi connectivity index (χ2v) is 5.75. The van der Waals surface area contributed by atoms with Gasteiger partial charge in [-0.2, -0.15) is 0 Å². The van der Waals surface area contributed by atoms with Gasteiger partial charge in [0.05, 0.1) is 0 Å². The summed E-state index contributed by atoms with van der Waals surface area (Å²) in [6.45, 7) is 18.3. The van der Waals surface area contributed by atoms with Gasteiger partial charge in [0.25, 0.3) is 0 Å². The standard InChI is InChI=1S/4C5H11NO2.Si/c4*1-3-6(4-2)5(7)8;/h4*3-4H2,1-2H3,(H,7,8);/q;;;;+4/p-4. The Bertz CT molecular complexity index is 408. The number of carbonyl (C=O) groups is 4. The van der Waals surface area contributed by atoms with Crippen LogP contribution in [0.15, 0.2) is 0 Å². The van der Waals surface area contributed by atoms with Crippen molar-refractivity contribution in [1.29, 1.82) is 0 Å². The third-order valence-electron chi connectivity index (χ3n) is 4.09. The summed E-state index contributed by atoms with van der Waals surface area (Å²) in [4.78, 5) is 44.8. The Morgan fingerprint density at radius 2 is 0.485 bits per heavy atom. The van der Waals surface area contributed by atoms with Crippen molar-refractivity contribution in [3.05, 3.63) is 0 Å². The van der Waals surface area contributed by atoms with Gasteiger partial charge < -0.3 is 59.2 Å². The van der Waals surface area contributed by atoms with Crippen molar-refractivity contribution >= 4 is 35.3 Å². The number of carbonyl (C=O) groups excluding carboxylic acids is 4. The number of hydrogen-bond acceptors (Lipinski definition) is 8. The van der Waals surface area contributed by atoms with Gasteiger partial charge in [-0.1, -0.05) is 0 Å². The fraction of sp³-hybridized carbons (Fsp3) is 0.800. The molecule has 4 amide bonds. The molecule has 0 aliphatic rings. The van der Waals surface area contributed by atoms with Crippen molar-refractivity contribution in [2.75, 3.05) is 52.4 Å². The molecule has 0 aromatic carbocycles. The monoisotopic (exact) mass is 492 g/mol. The Kier molecular flexibility index (Phi) is 33.7. The fourth-order valence-corrected chi connectivity index (χ4v) is 1.93. The van der Waals surface area contributed by atoms with E-state index in [0.717, 1.165) is 0 Å². The van der Waals surface area contributed by atoms with E-state index in [-0.39, 0.29) is 11.0 Å². The van der Waals surface area contributed by atoms with E-state index in [2.05, 4.69) is 0 Å². The molecule has 0 atom stereocenters. The van der Waals surface area contributed by atoms with Crippen molar-refractivity contribution in [3.8, 4) is 0 Å². The zero-order valence-electron chi connectivity index (χ0n) is 21.2. The first-order valence-corrected chi connectivity index (χ1v) is 10.7. The van der Waals surface area contributed by atoms with Crippen LogP contribution in [0.3, 0.4) is 0 Å². The van der Waals surface area contributed by atoms with E-state index in [1.807, 2.05) is 0 Å². The predicted octanol–water partition coefficient (Wildman–Crippen LogP) is -1.69. The molecule has 0 fully saturated rings. The van der Waals surface area contributed by atoms with Crippen LogP contribution in [0.4, 0.5) is 19.2 Å². The molecular formula is C20H40N4O8Si. The molecule has 0 aliphatic carbocycles. The Labute approximate surface area is 202 Å². The molecule has 0 bridgehead atoms. The van der Waals surface area contributed by atoms with Crippen LogP contribution in [0.2, 0.25) is 0 Å². The van der Waals surface area contributed by atoms with Gasteiger partial charge in [0, 0.05) is 52.4 Å². The number of carboxylic acid groups (broad SMARTS) is 4. The molecule has 0 saturated heterocycles. The number of hydrogen-bond donors (Lipinski definition) is 0. The molecule has 0 unspecified atom stereocenters. The van der Waals surface area contributed by atoms with Crippen LogP contribution in [0.25, 0.3) is 0 Å². The molecule has 0 N–H and O–H groups in total. The molecule has 0 saturated carbocycles. The molecule has 13 heteroatoms. The van der Waals surface area contributed by atoms with Crippen molar-refractivity contribution < 1.29 is 39.6 Å². The summed E-state index contributed by atoms with van der Waals surface area (Å²) in [5, 5.41) is 39.9. The number of rotatable bonds is 8.